The molecule has 2 N–H and O–H groups in total. The highest BCUT2D eigenvalue weighted by molar-refractivity contribution is 5.72. The van der Waals surface area contributed by atoms with Crippen LogP contribution in [0.2, 0.25) is 0 Å². The molecule has 1 amide bonds. The molecule has 1 aromatic rings. The molecule has 0 aliphatic carbocycles. The molecule has 4 heteroatoms. The van der Waals surface area contributed by atoms with Crippen LogP contribution in [0.1, 0.15) is 24.5 Å². The molecule has 0 radical (unpaired) electrons. The average Bonchev–Trinajstić information content (AvgIpc) is 2.28. The first-order chi connectivity index (χ1) is 8.13. The van der Waals surface area contributed by atoms with Crippen LogP contribution in [-0.4, -0.2) is 17.6 Å². The average molecular weight is 237 g/mol. The molecule has 0 aliphatic rings. The fourth-order valence-corrected chi connectivity index (χ4v) is 1.35. The molecule has 0 aromatic heterocycles. The summed E-state index contributed by atoms with van der Waals surface area (Å²) in [6, 6.07) is 4.67. The first-order valence-electron chi connectivity index (χ1n) is 5.43. The fourth-order valence-electron chi connectivity index (χ4n) is 1.35. The maximum Gasteiger partial charge on any atom is 0.216 e. The van der Waals surface area contributed by atoms with E-state index in [1.165, 1.54) is 13.0 Å². The summed E-state index contributed by atoms with van der Waals surface area (Å²) in [6.07, 6.45) is 4.35. The zero-order valence-electron chi connectivity index (χ0n) is 9.74. The first kappa shape index (κ1) is 13.4. The number of aliphatic hydroxyl groups is 1. The Labute approximate surface area is 100.0 Å². The summed E-state index contributed by atoms with van der Waals surface area (Å²) in [5.74, 6) is -0.465. The first-order valence-corrected chi connectivity index (χ1v) is 5.43. The fraction of sp³-hybridized carbons (Fsp3) is 0.308. The zero-order chi connectivity index (χ0) is 12.7. The Morgan fingerprint density at radius 2 is 2.29 bits per heavy atom. The minimum Gasteiger partial charge on any atom is -0.392 e. The smallest absolute Gasteiger partial charge is 0.216 e. The quantitative estimate of drug-likeness (QED) is 0.768. The molecule has 92 valence electrons. The van der Waals surface area contributed by atoms with Gasteiger partial charge in [0.1, 0.15) is 5.82 Å². The number of nitrogens with one attached hydrogen (secondary N) is 1. The van der Waals surface area contributed by atoms with Gasteiger partial charge in [-0.1, -0.05) is 24.3 Å². The summed E-state index contributed by atoms with van der Waals surface area (Å²) in [4.78, 5) is 10.6. The van der Waals surface area contributed by atoms with Crippen molar-refractivity contribution in [3.8, 4) is 0 Å². The third-order valence-electron chi connectivity index (χ3n) is 2.24. The van der Waals surface area contributed by atoms with Crippen molar-refractivity contribution < 1.29 is 14.3 Å². The summed E-state index contributed by atoms with van der Waals surface area (Å²) in [6.45, 7) is 1.74. The lowest BCUT2D eigenvalue weighted by Gasteiger charge is -2.00. The van der Waals surface area contributed by atoms with Crippen molar-refractivity contribution in [1.29, 1.82) is 0 Å². The van der Waals surface area contributed by atoms with Crippen LogP contribution in [-0.2, 0) is 11.4 Å². The van der Waals surface area contributed by atoms with Crippen LogP contribution in [0, 0.1) is 5.82 Å². The zero-order valence-corrected chi connectivity index (χ0v) is 9.74. The highest BCUT2D eigenvalue weighted by Crippen LogP contribution is 2.11. The van der Waals surface area contributed by atoms with Crippen LogP contribution in [0.3, 0.4) is 0 Å². The van der Waals surface area contributed by atoms with Gasteiger partial charge >= 0.3 is 0 Å². The Bertz CT molecular complexity index is 416. The Kier molecular flexibility index (Phi) is 5.36. The van der Waals surface area contributed by atoms with Gasteiger partial charge in [-0.05, 0) is 18.1 Å². The van der Waals surface area contributed by atoms with Crippen molar-refractivity contribution in [3.05, 3.63) is 41.2 Å². The van der Waals surface area contributed by atoms with E-state index in [1.54, 1.807) is 18.2 Å². The lowest BCUT2D eigenvalue weighted by Crippen LogP contribution is -2.20. The van der Waals surface area contributed by atoms with Crippen molar-refractivity contribution in [2.24, 2.45) is 0 Å². The van der Waals surface area contributed by atoms with E-state index in [4.69, 9.17) is 5.11 Å². The maximum absolute atomic E-state index is 13.3. The highest BCUT2D eigenvalue weighted by Gasteiger charge is 1.99. The van der Waals surface area contributed by atoms with Crippen molar-refractivity contribution in [3.63, 3.8) is 0 Å². The lowest BCUT2D eigenvalue weighted by molar-refractivity contribution is -0.118. The Morgan fingerprint density at radius 3 is 2.88 bits per heavy atom. The molecular weight excluding hydrogens is 221 g/mol. The van der Waals surface area contributed by atoms with Gasteiger partial charge in [-0.15, -0.1) is 0 Å². The van der Waals surface area contributed by atoms with Crippen LogP contribution >= 0.6 is 0 Å². The van der Waals surface area contributed by atoms with Crippen LogP contribution < -0.4 is 5.32 Å². The predicted molar refractivity (Wildman–Crippen MR) is 64.7 cm³/mol. The topological polar surface area (TPSA) is 49.3 Å². The number of aliphatic hydroxyl groups excluding tert-OH is 1. The van der Waals surface area contributed by atoms with Gasteiger partial charge < -0.3 is 10.4 Å². The van der Waals surface area contributed by atoms with Crippen LogP contribution in [0.15, 0.2) is 24.3 Å². The molecule has 0 bridgehead atoms. The second kappa shape index (κ2) is 6.81. The van der Waals surface area contributed by atoms with Gasteiger partial charge in [0.2, 0.25) is 5.91 Å². The van der Waals surface area contributed by atoms with Gasteiger partial charge in [0, 0.05) is 19.0 Å². The SMILES string of the molecule is CC(=O)NCCC=Cc1ccc(CO)c(F)c1. The van der Waals surface area contributed by atoms with E-state index in [9.17, 15) is 9.18 Å². The Balaban J connectivity index is 2.48. The van der Waals surface area contributed by atoms with Crippen LogP contribution in [0.4, 0.5) is 4.39 Å². The largest absolute Gasteiger partial charge is 0.392 e. The second-order valence-electron chi connectivity index (χ2n) is 3.68. The number of carbonyl (C=O) groups excluding carboxylic acids is 1. The minimum absolute atomic E-state index is 0.0586. The molecule has 0 unspecified atom stereocenters. The van der Waals surface area contributed by atoms with E-state index in [0.29, 0.717) is 18.5 Å². The molecule has 1 rings (SSSR count). The van der Waals surface area contributed by atoms with Gasteiger partial charge in [0.25, 0.3) is 0 Å². The molecule has 0 spiro atoms. The van der Waals surface area contributed by atoms with Gasteiger partial charge in [-0.3, -0.25) is 4.79 Å². The minimum atomic E-state index is -0.406. The van der Waals surface area contributed by atoms with Crippen LogP contribution in [0.5, 0.6) is 0 Å². The molecule has 0 atom stereocenters. The monoisotopic (exact) mass is 237 g/mol. The highest BCUT2D eigenvalue weighted by atomic mass is 19.1. The van der Waals surface area contributed by atoms with E-state index in [-0.39, 0.29) is 12.5 Å². The van der Waals surface area contributed by atoms with Crippen molar-refractivity contribution in [2.45, 2.75) is 20.0 Å². The Morgan fingerprint density at radius 1 is 1.53 bits per heavy atom. The molecule has 0 saturated carbocycles. The number of amides is 1. The molecule has 17 heavy (non-hydrogen) atoms. The third kappa shape index (κ3) is 4.78. The van der Waals surface area contributed by atoms with E-state index >= 15 is 0 Å². The maximum atomic E-state index is 13.3. The van der Waals surface area contributed by atoms with Crippen molar-refractivity contribution in [1.82, 2.24) is 5.32 Å². The molecule has 0 aliphatic heterocycles. The molecule has 1 aromatic carbocycles. The van der Waals surface area contributed by atoms with Gasteiger partial charge in [0.05, 0.1) is 6.61 Å². The van der Waals surface area contributed by atoms with E-state index in [1.807, 2.05) is 6.08 Å². The van der Waals surface area contributed by atoms with Crippen LogP contribution in [0.25, 0.3) is 6.08 Å². The number of rotatable bonds is 5. The van der Waals surface area contributed by atoms with Gasteiger partial charge in [-0.2, -0.15) is 0 Å². The number of halogens is 1. The standard InChI is InChI=1S/C13H16FNO2/c1-10(17)15-7-3-2-4-11-5-6-12(9-16)13(14)8-11/h2,4-6,8,16H,3,7,9H2,1H3,(H,15,17). The third-order valence-corrected chi connectivity index (χ3v) is 2.24. The second-order valence-corrected chi connectivity index (χ2v) is 3.68. The molecule has 3 nitrogen and oxygen atoms in total. The lowest BCUT2D eigenvalue weighted by atomic mass is 10.1. The number of carbonyl (C=O) groups is 1. The normalized spacial score (nSPS) is 10.8. The summed E-state index contributed by atoms with van der Waals surface area (Å²) >= 11 is 0. The predicted octanol–water partition coefficient (Wildman–Crippen LogP) is 1.86. The molecular formula is C13H16FNO2. The van der Waals surface area contributed by atoms with E-state index < -0.39 is 5.82 Å². The number of hydrogen-bond donors (Lipinski definition) is 2. The number of benzene rings is 1. The van der Waals surface area contributed by atoms with Crippen molar-refractivity contribution in [2.75, 3.05) is 6.54 Å². The van der Waals surface area contributed by atoms with E-state index in [2.05, 4.69) is 5.32 Å². The van der Waals surface area contributed by atoms with E-state index in [0.717, 1.165) is 5.56 Å². The van der Waals surface area contributed by atoms with Crippen molar-refractivity contribution >= 4 is 12.0 Å². The van der Waals surface area contributed by atoms with Gasteiger partial charge in [-0.25, -0.2) is 4.39 Å². The van der Waals surface area contributed by atoms with Gasteiger partial charge in [0.15, 0.2) is 0 Å². The summed E-state index contributed by atoms with van der Waals surface area (Å²) in [5.41, 5.74) is 1.03. The molecule has 0 heterocycles. The molecule has 0 saturated heterocycles. The Hall–Kier alpha value is -1.68. The summed E-state index contributed by atoms with van der Waals surface area (Å²) in [7, 11) is 0. The number of hydrogen-bond acceptors (Lipinski definition) is 2. The summed E-state index contributed by atoms with van der Waals surface area (Å²) < 4.78 is 13.3. The summed E-state index contributed by atoms with van der Waals surface area (Å²) in [5, 5.41) is 11.5. The molecule has 0 fully saturated rings.